The lowest BCUT2D eigenvalue weighted by atomic mass is 9.97. The van der Waals surface area contributed by atoms with E-state index >= 15 is 0 Å². The predicted molar refractivity (Wildman–Crippen MR) is 153 cm³/mol. The van der Waals surface area contributed by atoms with Gasteiger partial charge in [-0.2, -0.15) is 0 Å². The van der Waals surface area contributed by atoms with Gasteiger partial charge in [0.25, 0.3) is 5.91 Å². The first-order valence-electron chi connectivity index (χ1n) is 12.9. The molecule has 3 aromatic rings. The second kappa shape index (κ2) is 13.0. The number of aliphatic carboxylic acids is 1. The van der Waals surface area contributed by atoms with Gasteiger partial charge < -0.3 is 21.1 Å². The zero-order valence-electron chi connectivity index (χ0n) is 21.7. The maximum absolute atomic E-state index is 13.0. The lowest BCUT2D eigenvalue weighted by molar-refractivity contribution is -0.141. The highest BCUT2D eigenvalue weighted by Gasteiger charge is 2.28. The fourth-order valence-electron chi connectivity index (χ4n) is 4.78. The summed E-state index contributed by atoms with van der Waals surface area (Å²) in [5.74, 6) is -3.50. The smallest absolute Gasteiger partial charge is 0.315 e. The third-order valence-corrected chi connectivity index (χ3v) is 7.55. The Morgan fingerprint density at radius 2 is 1.62 bits per heavy atom. The van der Waals surface area contributed by atoms with Crippen molar-refractivity contribution >= 4 is 46.9 Å². The summed E-state index contributed by atoms with van der Waals surface area (Å²) in [4.78, 5) is 50.2. The summed E-state index contributed by atoms with van der Waals surface area (Å²) in [6.07, 6.45) is 1.16. The van der Waals surface area contributed by atoms with Gasteiger partial charge in [0.1, 0.15) is 0 Å². The minimum atomic E-state index is -1.25. The highest BCUT2D eigenvalue weighted by Crippen LogP contribution is 2.31. The molecule has 208 valence electrons. The minimum absolute atomic E-state index is 0.0650. The van der Waals surface area contributed by atoms with Gasteiger partial charge in [-0.25, -0.2) is 4.79 Å². The Morgan fingerprint density at radius 3 is 2.30 bits per heavy atom. The number of carbonyl (C=O) groups excluding carboxylic acids is 3. The normalized spacial score (nSPS) is 15.4. The van der Waals surface area contributed by atoms with Gasteiger partial charge in [-0.05, 0) is 48.6 Å². The molecule has 3 atom stereocenters. The fourth-order valence-corrected chi connectivity index (χ4v) is 5.48. The van der Waals surface area contributed by atoms with Gasteiger partial charge in [-0.1, -0.05) is 77.8 Å². The minimum Gasteiger partial charge on any atom is -0.481 e. The van der Waals surface area contributed by atoms with Crippen LogP contribution in [0.25, 0.3) is 0 Å². The molecular formula is C30H29Cl2N3O5. The molecule has 4 rings (SSSR count). The third kappa shape index (κ3) is 7.00. The van der Waals surface area contributed by atoms with E-state index in [2.05, 4.69) is 16.0 Å². The monoisotopic (exact) mass is 581 g/mol. The number of urea groups is 1. The van der Waals surface area contributed by atoms with Gasteiger partial charge in [-0.3, -0.25) is 14.4 Å². The van der Waals surface area contributed by atoms with E-state index in [1.807, 2.05) is 61.5 Å². The van der Waals surface area contributed by atoms with Crippen molar-refractivity contribution in [2.75, 3.05) is 6.54 Å². The van der Waals surface area contributed by atoms with Crippen LogP contribution in [0.1, 0.15) is 69.3 Å². The molecule has 0 radical (unpaired) electrons. The van der Waals surface area contributed by atoms with Crippen LogP contribution in [0.4, 0.5) is 4.79 Å². The second-order valence-corrected chi connectivity index (χ2v) is 10.5. The number of aryl methyl sites for hydroxylation is 1. The van der Waals surface area contributed by atoms with Crippen LogP contribution in [0, 0.1) is 5.92 Å². The lowest BCUT2D eigenvalue weighted by Crippen LogP contribution is -2.41. The summed E-state index contributed by atoms with van der Waals surface area (Å²) < 4.78 is 0. The van der Waals surface area contributed by atoms with E-state index in [1.165, 1.54) is 17.7 Å². The Bertz CT molecular complexity index is 1410. The Kier molecular flexibility index (Phi) is 9.45. The van der Waals surface area contributed by atoms with Gasteiger partial charge in [0, 0.05) is 18.5 Å². The largest absolute Gasteiger partial charge is 0.481 e. The predicted octanol–water partition coefficient (Wildman–Crippen LogP) is 5.74. The molecule has 0 spiro atoms. The van der Waals surface area contributed by atoms with Crippen molar-refractivity contribution < 1.29 is 24.3 Å². The SMILES string of the molecule is C[C@@H](NC(=O)c1cc(Cl)c(C(=O)C[C@@H](CNC(=O)N[C@@H]2CCc3ccccc32)C(=O)O)c(Cl)c1)c1ccccc1. The van der Waals surface area contributed by atoms with Crippen LogP contribution in [-0.2, 0) is 11.2 Å². The number of amides is 3. The highest BCUT2D eigenvalue weighted by molar-refractivity contribution is 6.40. The molecule has 10 heteroatoms. The molecule has 0 unspecified atom stereocenters. The summed E-state index contributed by atoms with van der Waals surface area (Å²) in [5, 5.41) is 17.8. The molecule has 0 saturated heterocycles. The Morgan fingerprint density at radius 1 is 0.975 bits per heavy atom. The molecule has 0 aliphatic heterocycles. The zero-order valence-corrected chi connectivity index (χ0v) is 23.3. The average Bonchev–Trinajstić information content (AvgIpc) is 3.33. The summed E-state index contributed by atoms with van der Waals surface area (Å²) >= 11 is 12.7. The number of hydrogen-bond donors (Lipinski definition) is 4. The number of carbonyl (C=O) groups is 4. The van der Waals surface area contributed by atoms with Crippen molar-refractivity contribution in [3.63, 3.8) is 0 Å². The van der Waals surface area contributed by atoms with Crippen LogP contribution >= 0.6 is 23.2 Å². The number of Topliss-reactive ketones (excluding diaryl/α,β-unsaturated/α-hetero) is 1. The first kappa shape index (κ1) is 29.1. The number of ketones is 1. The van der Waals surface area contributed by atoms with E-state index < -0.39 is 36.0 Å². The molecule has 4 N–H and O–H groups in total. The maximum Gasteiger partial charge on any atom is 0.315 e. The number of rotatable bonds is 10. The molecule has 0 heterocycles. The van der Waals surface area contributed by atoms with E-state index in [9.17, 15) is 24.3 Å². The molecule has 3 amide bonds. The van der Waals surface area contributed by atoms with Crippen LogP contribution in [-0.4, -0.2) is 35.3 Å². The molecule has 8 nitrogen and oxygen atoms in total. The molecule has 0 saturated carbocycles. The van der Waals surface area contributed by atoms with Gasteiger partial charge in [0.15, 0.2) is 5.78 Å². The molecule has 3 aromatic carbocycles. The molecular weight excluding hydrogens is 553 g/mol. The standard InChI is InChI=1S/C30H29Cl2N3O5/c1-17(18-7-3-2-4-8-18)34-28(37)20-13-23(31)27(24(32)14-20)26(36)15-21(29(38)39)16-33-30(40)35-25-12-11-19-9-5-6-10-22(19)25/h2-10,13-14,17,21,25H,11-12,15-16H2,1H3,(H,34,37)(H,38,39)(H2,33,35,40)/t17-,21+,25-/m1/s1. The van der Waals surface area contributed by atoms with Crippen molar-refractivity contribution in [1.82, 2.24) is 16.0 Å². The van der Waals surface area contributed by atoms with E-state index in [4.69, 9.17) is 23.2 Å². The van der Waals surface area contributed by atoms with E-state index in [-0.39, 0.29) is 39.8 Å². The molecule has 40 heavy (non-hydrogen) atoms. The molecule has 0 aromatic heterocycles. The van der Waals surface area contributed by atoms with E-state index in [1.54, 1.807) is 0 Å². The lowest BCUT2D eigenvalue weighted by Gasteiger charge is -2.18. The van der Waals surface area contributed by atoms with Crippen molar-refractivity contribution in [2.24, 2.45) is 5.92 Å². The van der Waals surface area contributed by atoms with E-state index in [0.29, 0.717) is 0 Å². The van der Waals surface area contributed by atoms with Gasteiger partial charge >= 0.3 is 12.0 Å². The van der Waals surface area contributed by atoms with Crippen LogP contribution in [0.5, 0.6) is 0 Å². The summed E-state index contributed by atoms with van der Waals surface area (Å²) in [6.45, 7) is 1.57. The first-order chi connectivity index (χ1) is 19.1. The summed E-state index contributed by atoms with van der Waals surface area (Å²) in [7, 11) is 0. The van der Waals surface area contributed by atoms with Crippen molar-refractivity contribution in [3.8, 4) is 0 Å². The van der Waals surface area contributed by atoms with Crippen LogP contribution in [0.3, 0.4) is 0 Å². The molecule has 0 fully saturated rings. The van der Waals surface area contributed by atoms with E-state index in [0.717, 1.165) is 24.0 Å². The number of carboxylic acids is 1. The molecule has 0 bridgehead atoms. The van der Waals surface area contributed by atoms with Crippen LogP contribution in [0.15, 0.2) is 66.7 Å². The molecule has 1 aliphatic rings. The fraction of sp³-hybridized carbons (Fsp3) is 0.267. The number of nitrogens with one attached hydrogen (secondary N) is 3. The van der Waals surface area contributed by atoms with Crippen LogP contribution < -0.4 is 16.0 Å². The number of hydrogen-bond acceptors (Lipinski definition) is 4. The second-order valence-electron chi connectivity index (χ2n) is 9.73. The van der Waals surface area contributed by atoms with Crippen LogP contribution in [0.2, 0.25) is 10.0 Å². The third-order valence-electron chi connectivity index (χ3n) is 6.96. The quantitative estimate of drug-likeness (QED) is 0.227. The zero-order chi connectivity index (χ0) is 28.8. The highest BCUT2D eigenvalue weighted by atomic mass is 35.5. The maximum atomic E-state index is 13.0. The van der Waals surface area contributed by atoms with Gasteiger partial charge in [-0.15, -0.1) is 0 Å². The topological polar surface area (TPSA) is 125 Å². The molecule has 1 aliphatic carbocycles. The average molecular weight is 582 g/mol. The number of halogens is 2. The Hall–Kier alpha value is -3.88. The first-order valence-corrected chi connectivity index (χ1v) is 13.6. The van der Waals surface area contributed by atoms with Crippen molar-refractivity contribution in [1.29, 1.82) is 0 Å². The van der Waals surface area contributed by atoms with Crippen molar-refractivity contribution in [3.05, 3.63) is 105 Å². The summed E-state index contributed by atoms with van der Waals surface area (Å²) in [5.41, 5.74) is 3.21. The Labute approximate surface area is 242 Å². The Balaban J connectivity index is 1.36. The number of carboxylic acid groups (broad SMARTS) is 1. The number of fused-ring (bicyclic) bond motifs is 1. The van der Waals surface area contributed by atoms with Gasteiger partial charge in [0.2, 0.25) is 0 Å². The summed E-state index contributed by atoms with van der Waals surface area (Å²) in [6, 6.07) is 18.9. The number of benzene rings is 3. The van der Waals surface area contributed by atoms with Crippen molar-refractivity contribution in [2.45, 2.75) is 38.3 Å². The van der Waals surface area contributed by atoms with Gasteiger partial charge in [0.05, 0.1) is 33.6 Å².